The van der Waals surface area contributed by atoms with Gasteiger partial charge in [0.1, 0.15) is 4.90 Å². The molecule has 1 N–H and O–H groups in total. The van der Waals surface area contributed by atoms with Crippen LogP contribution in [-0.4, -0.2) is 51.9 Å². The van der Waals surface area contributed by atoms with Crippen LogP contribution in [0.25, 0.3) is 0 Å². The van der Waals surface area contributed by atoms with Crippen LogP contribution in [-0.2, 0) is 21.2 Å². The number of hydrogen-bond donors (Lipinski definition) is 1. The van der Waals surface area contributed by atoms with Crippen LogP contribution in [0.4, 0.5) is 5.69 Å². The van der Waals surface area contributed by atoms with Crippen LogP contribution < -0.4 is 9.62 Å². The first-order valence-electron chi connectivity index (χ1n) is 9.77. The van der Waals surface area contributed by atoms with E-state index in [9.17, 15) is 13.2 Å². The number of carbonyl (C=O) groups excluding carboxylic acids is 1. The van der Waals surface area contributed by atoms with Gasteiger partial charge in [-0.3, -0.25) is 4.79 Å². The number of rotatable bonds is 7. The van der Waals surface area contributed by atoms with Gasteiger partial charge in [-0.05, 0) is 63.0 Å². The van der Waals surface area contributed by atoms with E-state index in [4.69, 9.17) is 0 Å². The highest BCUT2D eigenvalue weighted by molar-refractivity contribution is 9.10. The van der Waals surface area contributed by atoms with Gasteiger partial charge in [-0.15, -0.1) is 0 Å². The van der Waals surface area contributed by atoms with Gasteiger partial charge in [0, 0.05) is 24.0 Å². The largest absolute Gasteiger partial charge is 0.310 e. The number of fused-ring (bicyclic) bond motifs is 1. The van der Waals surface area contributed by atoms with E-state index >= 15 is 0 Å². The van der Waals surface area contributed by atoms with Crippen molar-refractivity contribution in [3.05, 3.63) is 22.2 Å². The van der Waals surface area contributed by atoms with Gasteiger partial charge in [-0.1, -0.05) is 29.3 Å². The fraction of sp³-hybridized carbons (Fsp3) is 0.632. The van der Waals surface area contributed by atoms with Crippen LogP contribution in [0.15, 0.2) is 21.5 Å². The average Bonchev–Trinajstić information content (AvgIpc) is 3.08. The maximum absolute atomic E-state index is 13.0. The summed E-state index contributed by atoms with van der Waals surface area (Å²) < 4.78 is 29.4. The van der Waals surface area contributed by atoms with E-state index in [1.165, 1.54) is 19.3 Å². The molecule has 0 atom stereocenters. The Kier molecular flexibility index (Phi) is 6.94. The number of hydrogen-bond acceptors (Lipinski definition) is 4. The van der Waals surface area contributed by atoms with Crippen molar-refractivity contribution in [3.63, 3.8) is 0 Å². The molecule has 3 rings (SSSR count). The van der Waals surface area contributed by atoms with E-state index in [2.05, 4.69) is 25.6 Å². The van der Waals surface area contributed by atoms with Crippen LogP contribution in [0, 0.1) is 0 Å². The van der Waals surface area contributed by atoms with Crippen LogP contribution in [0.1, 0.15) is 44.6 Å². The molecule has 1 amide bonds. The predicted octanol–water partition coefficient (Wildman–Crippen LogP) is 2.90. The first-order chi connectivity index (χ1) is 12.9. The Labute approximate surface area is 170 Å². The lowest BCUT2D eigenvalue weighted by Crippen LogP contribution is -2.34. The summed E-state index contributed by atoms with van der Waals surface area (Å²) in [5, 5.41) is 0. The van der Waals surface area contributed by atoms with Crippen LogP contribution in [0.5, 0.6) is 0 Å². The third-order valence-electron chi connectivity index (χ3n) is 5.28. The number of anilines is 1. The molecule has 2 aliphatic rings. The molecule has 27 heavy (non-hydrogen) atoms. The lowest BCUT2D eigenvalue weighted by atomic mass is 10.1. The molecular formula is C19H28BrN3O3S. The Morgan fingerprint density at radius 2 is 1.93 bits per heavy atom. The van der Waals surface area contributed by atoms with Gasteiger partial charge < -0.3 is 9.80 Å². The van der Waals surface area contributed by atoms with E-state index in [0.717, 1.165) is 36.1 Å². The van der Waals surface area contributed by atoms with Gasteiger partial charge in [0.15, 0.2) is 0 Å². The van der Waals surface area contributed by atoms with Crippen molar-refractivity contribution in [1.29, 1.82) is 0 Å². The van der Waals surface area contributed by atoms with E-state index in [-0.39, 0.29) is 10.8 Å². The smallest absolute Gasteiger partial charge is 0.242 e. The Balaban J connectivity index is 1.71. The molecular weight excluding hydrogens is 430 g/mol. The number of benzene rings is 1. The molecule has 0 unspecified atom stereocenters. The average molecular weight is 458 g/mol. The summed E-state index contributed by atoms with van der Waals surface area (Å²) in [5.41, 5.74) is 1.45. The summed E-state index contributed by atoms with van der Waals surface area (Å²) in [6.45, 7) is 5.88. The third-order valence-corrected chi connectivity index (χ3v) is 7.21. The number of piperidine rings is 1. The molecule has 6 nitrogen and oxygen atoms in total. The highest BCUT2D eigenvalue weighted by Gasteiger charge is 2.31. The van der Waals surface area contributed by atoms with Crippen molar-refractivity contribution in [1.82, 2.24) is 9.62 Å². The monoisotopic (exact) mass is 457 g/mol. The zero-order valence-electron chi connectivity index (χ0n) is 15.8. The van der Waals surface area contributed by atoms with Crippen molar-refractivity contribution in [2.75, 3.05) is 37.6 Å². The summed E-state index contributed by atoms with van der Waals surface area (Å²) in [7, 11) is -3.68. The van der Waals surface area contributed by atoms with Crippen molar-refractivity contribution in [3.8, 4) is 0 Å². The lowest BCUT2D eigenvalue weighted by molar-refractivity contribution is -0.118. The van der Waals surface area contributed by atoms with Crippen molar-refractivity contribution in [2.45, 2.75) is 50.3 Å². The van der Waals surface area contributed by atoms with E-state index in [1.54, 1.807) is 17.9 Å². The van der Waals surface area contributed by atoms with Gasteiger partial charge in [0.25, 0.3) is 0 Å². The molecule has 1 saturated heterocycles. The number of halogens is 1. The minimum absolute atomic E-state index is 0.0439. The Bertz CT molecular complexity index is 792. The van der Waals surface area contributed by atoms with Crippen LogP contribution in [0.3, 0.4) is 0 Å². The number of sulfonamides is 1. The Morgan fingerprint density at radius 3 is 2.63 bits per heavy atom. The minimum atomic E-state index is -3.68. The molecule has 2 aliphatic heterocycles. The highest BCUT2D eigenvalue weighted by atomic mass is 79.9. The second-order valence-corrected chi connectivity index (χ2v) is 9.87. The second-order valence-electron chi connectivity index (χ2n) is 7.21. The first-order valence-corrected chi connectivity index (χ1v) is 12.0. The Hall–Kier alpha value is -0.960. The molecule has 8 heteroatoms. The number of carbonyl (C=O) groups is 1. The van der Waals surface area contributed by atoms with Gasteiger partial charge in [-0.25, -0.2) is 13.1 Å². The van der Waals surface area contributed by atoms with E-state index in [0.29, 0.717) is 31.6 Å². The molecule has 1 aromatic rings. The molecule has 1 aromatic carbocycles. The fourth-order valence-electron chi connectivity index (χ4n) is 3.88. The first kappa shape index (κ1) is 20.8. The molecule has 0 spiro atoms. The number of nitrogens with zero attached hydrogens (tertiary/aromatic N) is 2. The molecule has 150 valence electrons. The lowest BCUT2D eigenvalue weighted by Gasteiger charge is -2.26. The zero-order chi connectivity index (χ0) is 19.4. The molecule has 1 fully saturated rings. The summed E-state index contributed by atoms with van der Waals surface area (Å²) in [6, 6.07) is 3.51. The zero-order valence-corrected chi connectivity index (χ0v) is 18.2. The highest BCUT2D eigenvalue weighted by Crippen LogP contribution is 2.37. The molecule has 0 aliphatic carbocycles. The summed E-state index contributed by atoms with van der Waals surface area (Å²) in [4.78, 5) is 16.5. The summed E-state index contributed by atoms with van der Waals surface area (Å²) in [6.07, 6.45) is 5.59. The van der Waals surface area contributed by atoms with Crippen LogP contribution >= 0.6 is 15.9 Å². The van der Waals surface area contributed by atoms with Gasteiger partial charge in [0.2, 0.25) is 15.9 Å². The van der Waals surface area contributed by atoms with E-state index in [1.807, 2.05) is 6.07 Å². The van der Waals surface area contributed by atoms with Crippen molar-refractivity contribution in [2.24, 2.45) is 0 Å². The van der Waals surface area contributed by atoms with Gasteiger partial charge in [0.05, 0.1) is 5.69 Å². The predicted molar refractivity (Wildman–Crippen MR) is 111 cm³/mol. The quantitative estimate of drug-likeness (QED) is 0.638. The molecule has 0 bridgehead atoms. The molecule has 0 aromatic heterocycles. The van der Waals surface area contributed by atoms with E-state index < -0.39 is 10.0 Å². The van der Waals surface area contributed by atoms with Crippen molar-refractivity contribution >= 4 is 37.5 Å². The second kappa shape index (κ2) is 9.03. The number of amides is 1. The Morgan fingerprint density at radius 1 is 1.19 bits per heavy atom. The molecule has 0 radical (unpaired) electrons. The maximum atomic E-state index is 13.0. The van der Waals surface area contributed by atoms with Crippen molar-refractivity contribution < 1.29 is 13.2 Å². The SMILES string of the molecule is CCC(=O)N1CCc2cc(Br)cc(S(=O)(=O)NCCCN3CCCCC3)c21. The summed E-state index contributed by atoms with van der Waals surface area (Å²) in [5.74, 6) is -0.0439. The van der Waals surface area contributed by atoms with Gasteiger partial charge in [-0.2, -0.15) is 0 Å². The number of likely N-dealkylation sites (tertiary alicyclic amines) is 1. The minimum Gasteiger partial charge on any atom is -0.310 e. The molecule has 0 saturated carbocycles. The maximum Gasteiger partial charge on any atom is 0.242 e. The number of nitrogens with one attached hydrogen (secondary N) is 1. The standard InChI is InChI=1S/C19H28BrN3O3S/c1-2-18(24)23-12-7-15-13-16(20)14-17(19(15)23)27(25,26)21-8-6-11-22-9-4-3-5-10-22/h13-14,21H,2-12H2,1H3. The van der Waals surface area contributed by atoms with Gasteiger partial charge >= 0.3 is 0 Å². The topological polar surface area (TPSA) is 69.7 Å². The molecule has 2 heterocycles. The third kappa shape index (κ3) is 4.91. The van der Waals surface area contributed by atoms with Crippen LogP contribution in [0.2, 0.25) is 0 Å². The summed E-state index contributed by atoms with van der Waals surface area (Å²) >= 11 is 3.41. The fourth-order valence-corrected chi connectivity index (χ4v) is 5.89. The normalized spacial score (nSPS) is 17.9.